The highest BCUT2D eigenvalue weighted by Crippen LogP contribution is 2.53. The Bertz CT molecular complexity index is 1700. The Morgan fingerprint density at radius 2 is 1.48 bits per heavy atom. The van der Waals surface area contributed by atoms with Crippen molar-refractivity contribution in [3.8, 4) is 11.3 Å². The van der Waals surface area contributed by atoms with Crippen LogP contribution in [0.15, 0.2) is 97.1 Å². The number of anilines is 1. The van der Waals surface area contributed by atoms with Crippen LogP contribution in [0.1, 0.15) is 27.1 Å². The number of hydrogen-bond acceptors (Lipinski definition) is 6. The number of hydrogen-bond donors (Lipinski definition) is 0. The lowest BCUT2D eigenvalue weighted by Crippen LogP contribution is -2.32. The molecule has 1 saturated carbocycles. The van der Waals surface area contributed by atoms with Crippen molar-refractivity contribution in [2.24, 2.45) is 23.7 Å². The lowest BCUT2D eigenvalue weighted by Gasteiger charge is -2.17. The predicted molar refractivity (Wildman–Crippen MR) is 148 cm³/mol. The normalized spacial score (nSPS) is 22.6. The SMILES string of the molecule is O=C(COC(=O)c1cc(-c2ccc(N3C(=O)C4C5C=CC(C5)C4C3=O)cc2)nc2ccccc12)c1ccccc1. The van der Waals surface area contributed by atoms with Gasteiger partial charge in [-0.3, -0.25) is 19.3 Å². The van der Waals surface area contributed by atoms with Gasteiger partial charge >= 0.3 is 5.97 Å². The molecule has 1 aromatic heterocycles. The summed E-state index contributed by atoms with van der Waals surface area (Å²) in [5, 5.41) is 0.614. The maximum atomic E-state index is 13.2. The molecule has 4 unspecified atom stereocenters. The van der Waals surface area contributed by atoms with Crippen molar-refractivity contribution >= 4 is 40.2 Å². The number of nitrogens with zero attached hydrogens (tertiary/aromatic N) is 2. The standard InChI is InChI=1S/C33H24N2O5/c36-28(20-6-2-1-3-7-20)18-40-33(39)25-17-27(34-26-9-5-4-8-24(25)26)19-12-14-23(15-13-19)35-31(37)29-21-10-11-22(16-21)30(29)32(35)38/h1-15,17,21-22,29-30H,16,18H2. The van der Waals surface area contributed by atoms with E-state index in [1.807, 2.05) is 24.3 Å². The van der Waals surface area contributed by atoms with E-state index in [1.54, 1.807) is 60.7 Å². The minimum Gasteiger partial charge on any atom is -0.454 e. The molecular formula is C33H24N2O5. The van der Waals surface area contributed by atoms with Gasteiger partial charge < -0.3 is 4.74 Å². The van der Waals surface area contributed by atoms with Gasteiger partial charge in [0, 0.05) is 16.5 Å². The maximum absolute atomic E-state index is 13.2. The molecule has 3 aromatic carbocycles. The van der Waals surface area contributed by atoms with E-state index in [4.69, 9.17) is 9.72 Å². The summed E-state index contributed by atoms with van der Waals surface area (Å²) in [7, 11) is 0. The number of carbonyl (C=O) groups is 4. The van der Waals surface area contributed by atoms with Gasteiger partial charge in [0.05, 0.1) is 34.3 Å². The van der Waals surface area contributed by atoms with Crippen molar-refractivity contribution in [1.29, 1.82) is 0 Å². The van der Waals surface area contributed by atoms with Crippen LogP contribution < -0.4 is 4.90 Å². The second-order valence-electron chi connectivity index (χ2n) is 10.5. The monoisotopic (exact) mass is 528 g/mol. The van der Waals surface area contributed by atoms with Gasteiger partial charge in [0.15, 0.2) is 12.4 Å². The third kappa shape index (κ3) is 3.85. The molecule has 2 heterocycles. The average Bonchev–Trinajstić information content (AvgIpc) is 3.69. The van der Waals surface area contributed by atoms with Gasteiger partial charge in [0.2, 0.25) is 11.8 Å². The molecule has 7 heteroatoms. The summed E-state index contributed by atoms with van der Waals surface area (Å²) in [4.78, 5) is 58.1. The molecule has 4 aromatic rings. The van der Waals surface area contributed by atoms with Crippen LogP contribution in [-0.4, -0.2) is 35.2 Å². The summed E-state index contributed by atoms with van der Waals surface area (Å²) in [6.07, 6.45) is 5.04. The number of para-hydroxylation sites is 1. The zero-order valence-electron chi connectivity index (χ0n) is 21.4. The van der Waals surface area contributed by atoms with Gasteiger partial charge in [-0.25, -0.2) is 9.78 Å². The second kappa shape index (κ2) is 9.38. The topological polar surface area (TPSA) is 93.6 Å². The number of allylic oxidation sites excluding steroid dienone is 2. The summed E-state index contributed by atoms with van der Waals surface area (Å²) in [6, 6.07) is 24.6. The van der Waals surface area contributed by atoms with Crippen molar-refractivity contribution in [3.63, 3.8) is 0 Å². The fraction of sp³-hybridized carbons (Fsp3) is 0.182. The first-order valence-corrected chi connectivity index (χ1v) is 13.3. The molecule has 7 nitrogen and oxygen atoms in total. The predicted octanol–water partition coefficient (Wildman–Crippen LogP) is 5.25. The van der Waals surface area contributed by atoms with Crippen LogP contribution in [0.25, 0.3) is 22.2 Å². The summed E-state index contributed by atoms with van der Waals surface area (Å²) in [5.74, 6) is -1.38. The largest absolute Gasteiger partial charge is 0.454 e. The lowest BCUT2D eigenvalue weighted by atomic mass is 9.85. The number of esters is 1. The van der Waals surface area contributed by atoms with Gasteiger partial charge in [0.25, 0.3) is 0 Å². The molecule has 2 fully saturated rings. The summed E-state index contributed by atoms with van der Waals surface area (Å²) < 4.78 is 5.41. The Balaban J connectivity index is 1.16. The molecule has 196 valence electrons. The van der Waals surface area contributed by atoms with E-state index in [0.717, 1.165) is 6.42 Å². The maximum Gasteiger partial charge on any atom is 0.339 e. The molecule has 40 heavy (non-hydrogen) atoms. The van der Waals surface area contributed by atoms with Crippen molar-refractivity contribution in [2.45, 2.75) is 6.42 Å². The number of Topliss-reactive ketones (excluding diaryl/α,β-unsaturated/α-hetero) is 1. The van der Waals surface area contributed by atoms with Crippen molar-refractivity contribution in [2.75, 3.05) is 11.5 Å². The molecule has 0 radical (unpaired) electrons. The number of rotatable bonds is 6. The fourth-order valence-electron chi connectivity index (χ4n) is 6.35. The van der Waals surface area contributed by atoms with E-state index in [9.17, 15) is 19.2 Å². The van der Waals surface area contributed by atoms with Crippen molar-refractivity contribution in [1.82, 2.24) is 4.98 Å². The minimum atomic E-state index is -0.621. The second-order valence-corrected chi connectivity index (χ2v) is 10.5. The fourth-order valence-corrected chi connectivity index (χ4v) is 6.35. The van der Waals surface area contributed by atoms with Crippen LogP contribution >= 0.6 is 0 Å². The first kappa shape index (κ1) is 24.2. The number of carbonyl (C=O) groups excluding carboxylic acids is 4. The third-order valence-electron chi connectivity index (χ3n) is 8.26. The Kier molecular flexibility index (Phi) is 5.66. The molecule has 2 bridgehead atoms. The zero-order valence-corrected chi connectivity index (χ0v) is 21.4. The van der Waals surface area contributed by atoms with Crippen molar-refractivity contribution < 1.29 is 23.9 Å². The van der Waals surface area contributed by atoms with Crippen LogP contribution in [0, 0.1) is 23.7 Å². The van der Waals surface area contributed by atoms with Gasteiger partial charge in [-0.15, -0.1) is 0 Å². The Labute approximate surface area is 230 Å². The number of ketones is 1. The number of ether oxygens (including phenoxy) is 1. The smallest absolute Gasteiger partial charge is 0.339 e. The Hall–Kier alpha value is -4.91. The number of benzene rings is 3. The first-order valence-electron chi connectivity index (χ1n) is 13.3. The van der Waals surface area contributed by atoms with E-state index < -0.39 is 5.97 Å². The Morgan fingerprint density at radius 3 is 2.17 bits per heavy atom. The lowest BCUT2D eigenvalue weighted by molar-refractivity contribution is -0.123. The van der Waals surface area contributed by atoms with E-state index in [1.165, 1.54) is 4.90 Å². The Morgan fingerprint density at radius 1 is 0.825 bits per heavy atom. The summed E-state index contributed by atoms with van der Waals surface area (Å²) in [5.41, 5.74) is 3.15. The summed E-state index contributed by atoms with van der Waals surface area (Å²) in [6.45, 7) is -0.374. The van der Waals surface area contributed by atoms with E-state index in [0.29, 0.717) is 39.0 Å². The van der Waals surface area contributed by atoms with Gasteiger partial charge in [-0.1, -0.05) is 72.8 Å². The molecule has 0 N–H and O–H groups in total. The number of aromatic nitrogens is 1. The summed E-state index contributed by atoms with van der Waals surface area (Å²) >= 11 is 0. The van der Waals surface area contributed by atoms with Crippen LogP contribution in [-0.2, 0) is 14.3 Å². The molecule has 3 aliphatic rings. The van der Waals surface area contributed by atoms with Crippen LogP contribution in [0.5, 0.6) is 0 Å². The zero-order chi connectivity index (χ0) is 27.4. The number of pyridine rings is 1. The third-order valence-corrected chi connectivity index (χ3v) is 8.26. The molecule has 1 aliphatic heterocycles. The van der Waals surface area contributed by atoms with E-state index in [2.05, 4.69) is 12.2 Å². The molecule has 2 aliphatic carbocycles. The highest BCUT2D eigenvalue weighted by molar-refractivity contribution is 6.22. The van der Waals surface area contributed by atoms with Gasteiger partial charge in [0.1, 0.15) is 0 Å². The average molecular weight is 529 g/mol. The quantitative estimate of drug-likeness (QED) is 0.147. The molecule has 7 rings (SSSR count). The van der Waals surface area contributed by atoms with Gasteiger partial charge in [-0.2, -0.15) is 0 Å². The molecule has 4 atom stereocenters. The highest BCUT2D eigenvalue weighted by Gasteiger charge is 2.59. The van der Waals surface area contributed by atoms with Gasteiger partial charge in [-0.05, 0) is 42.5 Å². The van der Waals surface area contributed by atoms with Crippen LogP contribution in [0.4, 0.5) is 5.69 Å². The van der Waals surface area contributed by atoms with E-state index >= 15 is 0 Å². The number of amides is 2. The highest BCUT2D eigenvalue weighted by atomic mass is 16.5. The first-order chi connectivity index (χ1) is 19.5. The van der Waals surface area contributed by atoms with Crippen LogP contribution in [0.3, 0.4) is 0 Å². The molecule has 0 spiro atoms. The van der Waals surface area contributed by atoms with Crippen LogP contribution in [0.2, 0.25) is 0 Å². The number of fused-ring (bicyclic) bond motifs is 6. The molecule has 2 amide bonds. The molecular weight excluding hydrogens is 504 g/mol. The minimum absolute atomic E-state index is 0.126. The molecule has 1 saturated heterocycles. The van der Waals surface area contributed by atoms with Crippen molar-refractivity contribution in [3.05, 3.63) is 108 Å². The number of imide groups is 1. The van der Waals surface area contributed by atoms with E-state index in [-0.39, 0.29) is 47.9 Å².